The number of carbonyl (C=O) groups excluding carboxylic acids is 1. The molecular formula is C13H19N3O. The van der Waals surface area contributed by atoms with Crippen molar-refractivity contribution < 1.29 is 4.79 Å². The Morgan fingerprint density at radius 1 is 1.35 bits per heavy atom. The summed E-state index contributed by atoms with van der Waals surface area (Å²) in [6.07, 6.45) is 1.67. The number of nitrogens with one attached hydrogen (secondary N) is 1. The van der Waals surface area contributed by atoms with Gasteiger partial charge in [0.1, 0.15) is 5.69 Å². The molecule has 0 spiro atoms. The molecule has 0 saturated carbocycles. The van der Waals surface area contributed by atoms with E-state index >= 15 is 0 Å². The van der Waals surface area contributed by atoms with Gasteiger partial charge < -0.3 is 5.32 Å². The topological polar surface area (TPSA) is 45.2 Å². The fraction of sp³-hybridized carbons (Fsp3) is 0.538. The molecule has 1 aliphatic heterocycles. The first-order valence-corrected chi connectivity index (χ1v) is 6.04. The molecule has 0 amide bonds. The zero-order chi connectivity index (χ0) is 12.3. The van der Waals surface area contributed by atoms with Gasteiger partial charge in [0.15, 0.2) is 0 Å². The highest BCUT2D eigenvalue weighted by atomic mass is 16.1. The second kappa shape index (κ2) is 4.94. The van der Waals surface area contributed by atoms with Gasteiger partial charge in [0.2, 0.25) is 5.78 Å². The van der Waals surface area contributed by atoms with E-state index in [9.17, 15) is 4.79 Å². The van der Waals surface area contributed by atoms with Crippen LogP contribution in [0.3, 0.4) is 0 Å². The van der Waals surface area contributed by atoms with Crippen molar-refractivity contribution in [2.75, 3.05) is 26.2 Å². The van der Waals surface area contributed by atoms with Crippen molar-refractivity contribution in [3.05, 3.63) is 30.1 Å². The third kappa shape index (κ3) is 2.53. The fourth-order valence-corrected chi connectivity index (χ4v) is 2.18. The molecule has 1 aromatic heterocycles. The molecular weight excluding hydrogens is 214 g/mol. The maximum atomic E-state index is 12.4. The maximum absolute atomic E-state index is 12.4. The van der Waals surface area contributed by atoms with Crippen LogP contribution in [-0.4, -0.2) is 47.4 Å². The van der Waals surface area contributed by atoms with Crippen molar-refractivity contribution in [1.29, 1.82) is 0 Å². The van der Waals surface area contributed by atoms with Gasteiger partial charge in [0.25, 0.3) is 0 Å². The van der Waals surface area contributed by atoms with Gasteiger partial charge in [-0.2, -0.15) is 0 Å². The van der Waals surface area contributed by atoms with E-state index < -0.39 is 5.54 Å². The lowest BCUT2D eigenvalue weighted by molar-refractivity contribution is 0.0597. The van der Waals surface area contributed by atoms with Crippen LogP contribution in [0.15, 0.2) is 24.4 Å². The summed E-state index contributed by atoms with van der Waals surface area (Å²) in [5, 5.41) is 3.30. The van der Waals surface area contributed by atoms with Crippen LogP contribution in [0.25, 0.3) is 0 Å². The SMILES string of the molecule is CC(C)(C(=O)c1ccccn1)N1CCNCC1. The molecule has 1 aliphatic rings. The van der Waals surface area contributed by atoms with E-state index in [2.05, 4.69) is 15.2 Å². The molecule has 17 heavy (non-hydrogen) atoms. The van der Waals surface area contributed by atoms with Crippen molar-refractivity contribution in [2.24, 2.45) is 0 Å². The first-order valence-electron chi connectivity index (χ1n) is 6.04. The van der Waals surface area contributed by atoms with Gasteiger partial charge in [-0.3, -0.25) is 14.7 Å². The Kier molecular flexibility index (Phi) is 3.54. The van der Waals surface area contributed by atoms with Crippen LogP contribution in [0.5, 0.6) is 0 Å². The van der Waals surface area contributed by atoms with Crippen LogP contribution >= 0.6 is 0 Å². The number of ketones is 1. The van der Waals surface area contributed by atoms with Crippen molar-refractivity contribution in [2.45, 2.75) is 19.4 Å². The predicted molar refractivity (Wildman–Crippen MR) is 67.1 cm³/mol. The zero-order valence-corrected chi connectivity index (χ0v) is 10.4. The van der Waals surface area contributed by atoms with Crippen LogP contribution in [0.2, 0.25) is 0 Å². The largest absolute Gasteiger partial charge is 0.314 e. The Bertz CT molecular complexity index is 383. The minimum atomic E-state index is -0.476. The third-order valence-electron chi connectivity index (χ3n) is 3.36. The standard InChI is InChI=1S/C13H19N3O/c1-13(2,16-9-7-14-8-10-16)12(17)11-5-3-4-6-15-11/h3-6,14H,7-10H2,1-2H3. The number of pyridine rings is 1. The van der Waals surface area contributed by atoms with Gasteiger partial charge in [0.05, 0.1) is 5.54 Å². The average Bonchev–Trinajstić information content (AvgIpc) is 2.40. The fourth-order valence-electron chi connectivity index (χ4n) is 2.18. The highest BCUT2D eigenvalue weighted by molar-refractivity contribution is 6.01. The Morgan fingerprint density at radius 2 is 2.06 bits per heavy atom. The van der Waals surface area contributed by atoms with E-state index in [-0.39, 0.29) is 5.78 Å². The Balaban J connectivity index is 2.17. The summed E-state index contributed by atoms with van der Waals surface area (Å²) in [6.45, 7) is 7.67. The number of nitrogens with zero attached hydrogens (tertiary/aromatic N) is 2. The predicted octanol–water partition coefficient (Wildman–Crippen LogP) is 0.948. The molecule has 1 aromatic rings. The van der Waals surface area contributed by atoms with E-state index in [1.807, 2.05) is 26.0 Å². The summed E-state index contributed by atoms with van der Waals surface area (Å²) in [6, 6.07) is 5.47. The van der Waals surface area contributed by atoms with Gasteiger partial charge in [-0.25, -0.2) is 0 Å². The minimum absolute atomic E-state index is 0.0972. The molecule has 0 bridgehead atoms. The average molecular weight is 233 g/mol. The van der Waals surface area contributed by atoms with Crippen LogP contribution in [-0.2, 0) is 0 Å². The Hall–Kier alpha value is -1.26. The van der Waals surface area contributed by atoms with Crippen molar-refractivity contribution in [3.63, 3.8) is 0 Å². The molecule has 92 valence electrons. The lowest BCUT2D eigenvalue weighted by atomic mass is 9.93. The van der Waals surface area contributed by atoms with E-state index in [1.165, 1.54) is 0 Å². The molecule has 2 rings (SSSR count). The lowest BCUT2D eigenvalue weighted by Gasteiger charge is -2.39. The van der Waals surface area contributed by atoms with Gasteiger partial charge >= 0.3 is 0 Å². The molecule has 2 heterocycles. The highest BCUT2D eigenvalue weighted by Crippen LogP contribution is 2.19. The molecule has 0 radical (unpaired) electrons. The van der Waals surface area contributed by atoms with E-state index in [1.54, 1.807) is 12.3 Å². The van der Waals surface area contributed by atoms with Crippen LogP contribution in [0.1, 0.15) is 24.3 Å². The van der Waals surface area contributed by atoms with Crippen molar-refractivity contribution in [1.82, 2.24) is 15.2 Å². The number of rotatable bonds is 3. The van der Waals surface area contributed by atoms with Crippen molar-refractivity contribution >= 4 is 5.78 Å². The summed E-state index contributed by atoms with van der Waals surface area (Å²) in [5.41, 5.74) is 0.0761. The summed E-state index contributed by atoms with van der Waals surface area (Å²) >= 11 is 0. The summed E-state index contributed by atoms with van der Waals surface area (Å²) in [5.74, 6) is 0.0972. The molecule has 1 N–H and O–H groups in total. The maximum Gasteiger partial charge on any atom is 0.200 e. The summed E-state index contributed by atoms with van der Waals surface area (Å²) in [4.78, 5) is 18.8. The monoisotopic (exact) mass is 233 g/mol. The van der Waals surface area contributed by atoms with E-state index in [0.29, 0.717) is 5.69 Å². The van der Waals surface area contributed by atoms with E-state index in [0.717, 1.165) is 26.2 Å². The molecule has 0 atom stereocenters. The molecule has 4 heteroatoms. The Labute approximate surface area is 102 Å². The zero-order valence-electron chi connectivity index (χ0n) is 10.4. The van der Waals surface area contributed by atoms with Crippen LogP contribution in [0.4, 0.5) is 0 Å². The Morgan fingerprint density at radius 3 is 2.65 bits per heavy atom. The number of hydrogen-bond donors (Lipinski definition) is 1. The molecule has 0 aromatic carbocycles. The van der Waals surface area contributed by atoms with Crippen LogP contribution < -0.4 is 5.32 Å². The molecule has 1 fully saturated rings. The lowest BCUT2D eigenvalue weighted by Crippen LogP contribution is -2.57. The van der Waals surface area contributed by atoms with Gasteiger partial charge in [0, 0.05) is 32.4 Å². The smallest absolute Gasteiger partial charge is 0.200 e. The first-order chi connectivity index (χ1) is 8.12. The number of hydrogen-bond acceptors (Lipinski definition) is 4. The third-order valence-corrected chi connectivity index (χ3v) is 3.36. The number of Topliss-reactive ketones (excluding diaryl/α,β-unsaturated/α-hetero) is 1. The normalized spacial score (nSPS) is 18.0. The second-order valence-electron chi connectivity index (χ2n) is 4.84. The van der Waals surface area contributed by atoms with Gasteiger partial charge in [-0.05, 0) is 26.0 Å². The number of piperazine rings is 1. The minimum Gasteiger partial charge on any atom is -0.314 e. The number of carbonyl (C=O) groups is 1. The quantitative estimate of drug-likeness (QED) is 0.789. The molecule has 4 nitrogen and oxygen atoms in total. The highest BCUT2D eigenvalue weighted by Gasteiger charge is 2.36. The number of aromatic nitrogens is 1. The van der Waals surface area contributed by atoms with Gasteiger partial charge in [-0.1, -0.05) is 6.07 Å². The van der Waals surface area contributed by atoms with Crippen LogP contribution in [0, 0.1) is 0 Å². The van der Waals surface area contributed by atoms with Crippen molar-refractivity contribution in [3.8, 4) is 0 Å². The molecule has 1 saturated heterocycles. The molecule has 0 unspecified atom stereocenters. The summed E-state index contributed by atoms with van der Waals surface area (Å²) in [7, 11) is 0. The second-order valence-corrected chi connectivity index (χ2v) is 4.84. The van der Waals surface area contributed by atoms with Gasteiger partial charge in [-0.15, -0.1) is 0 Å². The summed E-state index contributed by atoms with van der Waals surface area (Å²) < 4.78 is 0. The first kappa shape index (κ1) is 12.2. The van der Waals surface area contributed by atoms with E-state index in [4.69, 9.17) is 0 Å². The molecule has 0 aliphatic carbocycles.